The third-order valence-corrected chi connectivity index (χ3v) is 4.92. The summed E-state index contributed by atoms with van der Waals surface area (Å²) in [7, 11) is 0. The van der Waals surface area contributed by atoms with Gasteiger partial charge in [-0.15, -0.1) is 0 Å². The zero-order valence-electron chi connectivity index (χ0n) is 17.1. The lowest BCUT2D eigenvalue weighted by Crippen LogP contribution is -2.38. The number of amides is 2. The summed E-state index contributed by atoms with van der Waals surface area (Å²) in [5.74, 6) is -2.10. The van der Waals surface area contributed by atoms with Gasteiger partial charge in [0.2, 0.25) is 0 Å². The van der Waals surface area contributed by atoms with E-state index in [9.17, 15) is 18.8 Å². The van der Waals surface area contributed by atoms with Crippen LogP contribution in [0, 0.1) is 5.82 Å². The number of hydrogen-bond donors (Lipinski definition) is 2. The van der Waals surface area contributed by atoms with Crippen LogP contribution in [-0.2, 0) is 14.3 Å². The van der Waals surface area contributed by atoms with E-state index in [-0.39, 0.29) is 28.9 Å². The molecule has 0 atom stereocenters. The van der Waals surface area contributed by atoms with Crippen LogP contribution in [0.15, 0.2) is 48.5 Å². The summed E-state index contributed by atoms with van der Waals surface area (Å²) in [5.41, 5.74) is 0.124. The molecule has 0 aliphatic heterocycles. The normalized spacial score (nSPS) is 13.8. The highest BCUT2D eigenvalue weighted by molar-refractivity contribution is 5.95. The Kier molecular flexibility index (Phi) is 7.98. The van der Waals surface area contributed by atoms with Crippen molar-refractivity contribution in [2.24, 2.45) is 0 Å². The van der Waals surface area contributed by atoms with Gasteiger partial charge in [-0.25, -0.2) is 9.18 Å². The number of halogens is 1. The zero-order valence-corrected chi connectivity index (χ0v) is 17.1. The number of anilines is 1. The summed E-state index contributed by atoms with van der Waals surface area (Å²) in [6.45, 7) is -0.821. The van der Waals surface area contributed by atoms with Crippen LogP contribution in [0.25, 0.3) is 0 Å². The fourth-order valence-corrected chi connectivity index (χ4v) is 3.38. The van der Waals surface area contributed by atoms with E-state index in [2.05, 4.69) is 10.6 Å². The standard InChI is InChI=1S/C23H25FN2O5/c24-18-11-5-6-12-19(18)26-22(28)14-30-20-13-7-4-10-17(20)23(29)31-15-21(27)25-16-8-2-1-3-9-16/h4-7,10-13,16H,1-3,8-9,14-15H2,(H,25,27)(H,26,28). The van der Waals surface area contributed by atoms with Gasteiger partial charge in [-0.05, 0) is 37.1 Å². The molecule has 2 N–H and O–H groups in total. The predicted octanol–water partition coefficient (Wildman–Crippen LogP) is 3.45. The van der Waals surface area contributed by atoms with Crippen LogP contribution in [0.5, 0.6) is 5.75 Å². The third kappa shape index (κ3) is 6.80. The topological polar surface area (TPSA) is 93.7 Å². The van der Waals surface area contributed by atoms with E-state index < -0.39 is 30.9 Å². The highest BCUT2D eigenvalue weighted by Gasteiger charge is 2.19. The van der Waals surface area contributed by atoms with Gasteiger partial charge in [-0.1, -0.05) is 43.5 Å². The quantitative estimate of drug-likeness (QED) is 0.628. The molecular weight excluding hydrogens is 403 g/mol. The van der Waals surface area contributed by atoms with E-state index >= 15 is 0 Å². The predicted molar refractivity (Wildman–Crippen MR) is 112 cm³/mol. The first-order valence-corrected chi connectivity index (χ1v) is 10.3. The molecule has 0 saturated heterocycles. The minimum absolute atomic E-state index is 0.0350. The molecule has 1 aliphatic carbocycles. The fourth-order valence-electron chi connectivity index (χ4n) is 3.38. The van der Waals surface area contributed by atoms with Crippen molar-refractivity contribution >= 4 is 23.5 Å². The van der Waals surface area contributed by atoms with Crippen molar-refractivity contribution in [1.82, 2.24) is 5.32 Å². The van der Waals surface area contributed by atoms with Crippen LogP contribution in [-0.4, -0.2) is 37.0 Å². The van der Waals surface area contributed by atoms with Crippen LogP contribution in [0.1, 0.15) is 42.5 Å². The molecule has 1 aliphatic rings. The summed E-state index contributed by atoms with van der Waals surface area (Å²) in [4.78, 5) is 36.5. The molecular formula is C23H25FN2O5. The van der Waals surface area contributed by atoms with Crippen molar-refractivity contribution in [2.45, 2.75) is 38.1 Å². The SMILES string of the molecule is O=C(COc1ccccc1C(=O)OCC(=O)NC1CCCCC1)Nc1ccccc1F. The zero-order chi connectivity index (χ0) is 22.1. The average molecular weight is 428 g/mol. The summed E-state index contributed by atoms with van der Waals surface area (Å²) in [6.07, 6.45) is 5.22. The summed E-state index contributed by atoms with van der Waals surface area (Å²) in [5, 5.41) is 5.28. The third-order valence-electron chi connectivity index (χ3n) is 4.92. The number of carbonyl (C=O) groups excluding carboxylic acids is 3. The maximum atomic E-state index is 13.6. The number of rotatable bonds is 8. The van der Waals surface area contributed by atoms with Gasteiger partial charge in [-0.2, -0.15) is 0 Å². The molecule has 2 aromatic rings. The first-order chi connectivity index (χ1) is 15.0. The molecule has 0 spiro atoms. The minimum atomic E-state index is -0.732. The number of hydrogen-bond acceptors (Lipinski definition) is 5. The Bertz CT molecular complexity index is 928. The molecule has 3 rings (SSSR count). The number of nitrogens with one attached hydrogen (secondary N) is 2. The van der Waals surface area contributed by atoms with Crippen molar-refractivity contribution in [1.29, 1.82) is 0 Å². The second-order valence-electron chi connectivity index (χ2n) is 7.29. The smallest absolute Gasteiger partial charge is 0.342 e. The van der Waals surface area contributed by atoms with E-state index in [0.717, 1.165) is 25.7 Å². The van der Waals surface area contributed by atoms with Crippen molar-refractivity contribution in [2.75, 3.05) is 18.5 Å². The molecule has 0 bridgehead atoms. The summed E-state index contributed by atoms with van der Waals surface area (Å²) in [6, 6.07) is 12.1. The van der Waals surface area contributed by atoms with Crippen molar-refractivity contribution in [3.05, 3.63) is 59.9 Å². The number of ether oxygens (including phenoxy) is 2. The Hall–Kier alpha value is -3.42. The van der Waals surface area contributed by atoms with E-state index in [0.29, 0.717) is 0 Å². The molecule has 2 aromatic carbocycles. The van der Waals surface area contributed by atoms with Crippen LogP contribution in [0.3, 0.4) is 0 Å². The Morgan fingerprint density at radius 2 is 1.61 bits per heavy atom. The Balaban J connectivity index is 1.50. The Labute approximate surface area is 179 Å². The van der Waals surface area contributed by atoms with E-state index in [1.807, 2.05) is 0 Å². The maximum absolute atomic E-state index is 13.6. The number of carbonyl (C=O) groups is 3. The molecule has 1 saturated carbocycles. The Morgan fingerprint density at radius 3 is 2.39 bits per heavy atom. The van der Waals surface area contributed by atoms with Crippen LogP contribution < -0.4 is 15.4 Å². The van der Waals surface area contributed by atoms with Gasteiger partial charge < -0.3 is 20.1 Å². The van der Waals surface area contributed by atoms with E-state index in [1.54, 1.807) is 18.2 Å². The van der Waals surface area contributed by atoms with Crippen molar-refractivity contribution in [3.8, 4) is 5.75 Å². The second kappa shape index (κ2) is 11.1. The van der Waals surface area contributed by atoms with Gasteiger partial charge in [-0.3, -0.25) is 9.59 Å². The summed E-state index contributed by atoms with van der Waals surface area (Å²) >= 11 is 0. The van der Waals surface area contributed by atoms with E-state index in [1.165, 1.54) is 36.8 Å². The molecule has 0 heterocycles. The molecule has 8 heteroatoms. The Morgan fingerprint density at radius 1 is 0.903 bits per heavy atom. The molecule has 0 aromatic heterocycles. The first kappa shape index (κ1) is 22.3. The fraction of sp³-hybridized carbons (Fsp3) is 0.348. The average Bonchev–Trinajstić information content (AvgIpc) is 2.78. The molecule has 0 unspecified atom stereocenters. The molecule has 1 fully saturated rings. The van der Waals surface area contributed by atoms with E-state index in [4.69, 9.17) is 9.47 Å². The molecule has 31 heavy (non-hydrogen) atoms. The monoisotopic (exact) mass is 428 g/mol. The van der Waals surface area contributed by atoms with Gasteiger partial charge in [0.25, 0.3) is 11.8 Å². The summed E-state index contributed by atoms with van der Waals surface area (Å²) < 4.78 is 24.2. The van der Waals surface area contributed by atoms with Crippen molar-refractivity contribution in [3.63, 3.8) is 0 Å². The van der Waals surface area contributed by atoms with Gasteiger partial charge in [0.1, 0.15) is 17.1 Å². The van der Waals surface area contributed by atoms with Crippen molar-refractivity contribution < 1.29 is 28.2 Å². The van der Waals surface area contributed by atoms with Gasteiger partial charge >= 0.3 is 5.97 Å². The number of para-hydroxylation sites is 2. The van der Waals surface area contributed by atoms with Gasteiger partial charge in [0.05, 0.1) is 5.69 Å². The highest BCUT2D eigenvalue weighted by Crippen LogP contribution is 2.20. The lowest BCUT2D eigenvalue weighted by atomic mass is 9.95. The second-order valence-corrected chi connectivity index (χ2v) is 7.29. The molecule has 0 radical (unpaired) electrons. The van der Waals surface area contributed by atoms with Gasteiger partial charge in [0, 0.05) is 6.04 Å². The lowest BCUT2D eigenvalue weighted by molar-refractivity contribution is -0.125. The molecule has 164 valence electrons. The molecule has 7 nitrogen and oxygen atoms in total. The largest absolute Gasteiger partial charge is 0.483 e. The van der Waals surface area contributed by atoms with Crippen LogP contribution >= 0.6 is 0 Å². The first-order valence-electron chi connectivity index (χ1n) is 10.3. The minimum Gasteiger partial charge on any atom is -0.483 e. The lowest BCUT2D eigenvalue weighted by Gasteiger charge is -2.22. The molecule has 2 amide bonds. The maximum Gasteiger partial charge on any atom is 0.342 e. The number of benzene rings is 2. The number of esters is 1. The van der Waals surface area contributed by atoms with Crippen LogP contribution in [0.2, 0.25) is 0 Å². The highest BCUT2D eigenvalue weighted by atomic mass is 19.1. The van der Waals surface area contributed by atoms with Gasteiger partial charge in [0.15, 0.2) is 13.2 Å². The van der Waals surface area contributed by atoms with Crippen LogP contribution in [0.4, 0.5) is 10.1 Å².